The third-order valence-electron chi connectivity index (χ3n) is 3.23. The first kappa shape index (κ1) is 13.7. The summed E-state index contributed by atoms with van der Waals surface area (Å²) in [5, 5.41) is 8.66. The van der Waals surface area contributed by atoms with Crippen LogP contribution in [0.25, 0.3) is 0 Å². The summed E-state index contributed by atoms with van der Waals surface area (Å²) in [4.78, 5) is 32.7. The molecule has 1 atom stereocenters. The Morgan fingerprint density at radius 1 is 1.42 bits per heavy atom. The van der Waals surface area contributed by atoms with Crippen molar-refractivity contribution in [2.45, 2.75) is 19.8 Å². The molecule has 0 bridgehead atoms. The summed E-state index contributed by atoms with van der Waals surface area (Å²) in [5.74, 6) is -1.28. The Morgan fingerprint density at radius 3 is 2.68 bits per heavy atom. The molecule has 1 amide bonds. The molecule has 0 aromatic carbocycles. The summed E-state index contributed by atoms with van der Waals surface area (Å²) >= 11 is 0. The van der Waals surface area contributed by atoms with Crippen molar-refractivity contribution in [3.05, 3.63) is 0 Å². The van der Waals surface area contributed by atoms with Gasteiger partial charge < -0.3 is 14.7 Å². The largest absolute Gasteiger partial charge is 0.481 e. The number of amides is 1. The monoisotopic (exact) mass is 267 g/mol. The van der Waals surface area contributed by atoms with E-state index in [2.05, 4.69) is 9.98 Å². The Balaban J connectivity index is 2.04. The van der Waals surface area contributed by atoms with Crippen molar-refractivity contribution < 1.29 is 19.4 Å². The minimum Gasteiger partial charge on any atom is -0.481 e. The predicted molar refractivity (Wildman–Crippen MR) is 68.3 cm³/mol. The van der Waals surface area contributed by atoms with E-state index in [9.17, 15) is 9.59 Å². The Bertz CT molecular complexity index is 438. The summed E-state index contributed by atoms with van der Waals surface area (Å²) in [7, 11) is 0. The number of carboxylic acids is 1. The van der Waals surface area contributed by atoms with Gasteiger partial charge in [0.05, 0.1) is 19.1 Å². The SMILES string of the molecule is CC1=NC(N2CCOCC2)=NC(=O)C1CCC(=O)O. The number of guanidine groups is 1. The lowest BCUT2D eigenvalue weighted by Gasteiger charge is -2.29. The highest BCUT2D eigenvalue weighted by Crippen LogP contribution is 2.17. The lowest BCUT2D eigenvalue weighted by Crippen LogP contribution is -2.43. The second-order valence-electron chi connectivity index (χ2n) is 4.59. The zero-order chi connectivity index (χ0) is 13.8. The van der Waals surface area contributed by atoms with Crippen LogP contribution in [0.2, 0.25) is 0 Å². The molecular weight excluding hydrogens is 250 g/mol. The number of rotatable bonds is 3. The number of hydrogen-bond acceptors (Lipinski definition) is 5. The van der Waals surface area contributed by atoms with Gasteiger partial charge in [0, 0.05) is 25.2 Å². The summed E-state index contributed by atoms with van der Waals surface area (Å²) in [5.41, 5.74) is 0.641. The summed E-state index contributed by atoms with van der Waals surface area (Å²) in [6, 6.07) is 0. The number of carbonyl (C=O) groups excluding carboxylic acids is 1. The second-order valence-corrected chi connectivity index (χ2v) is 4.59. The molecule has 2 aliphatic rings. The van der Waals surface area contributed by atoms with Crippen LogP contribution < -0.4 is 0 Å². The van der Waals surface area contributed by atoms with Gasteiger partial charge in [-0.3, -0.25) is 9.59 Å². The number of aliphatic carboxylic acids is 1. The molecule has 19 heavy (non-hydrogen) atoms. The van der Waals surface area contributed by atoms with Crippen LogP contribution in [0.1, 0.15) is 19.8 Å². The summed E-state index contributed by atoms with van der Waals surface area (Å²) < 4.78 is 5.23. The van der Waals surface area contributed by atoms with E-state index in [4.69, 9.17) is 9.84 Å². The molecule has 1 unspecified atom stereocenters. The predicted octanol–water partition coefficient (Wildman–Crippen LogP) is 0.157. The molecule has 1 fully saturated rings. The molecule has 0 spiro atoms. The third-order valence-corrected chi connectivity index (χ3v) is 3.23. The average Bonchev–Trinajstić information content (AvgIpc) is 2.38. The molecule has 1 N–H and O–H groups in total. The number of carboxylic acid groups (broad SMARTS) is 1. The van der Waals surface area contributed by atoms with Crippen molar-refractivity contribution in [3.8, 4) is 0 Å². The van der Waals surface area contributed by atoms with Crippen molar-refractivity contribution in [1.82, 2.24) is 4.90 Å². The lowest BCUT2D eigenvalue weighted by molar-refractivity contribution is -0.137. The fourth-order valence-corrected chi connectivity index (χ4v) is 2.12. The minimum absolute atomic E-state index is 0.0499. The number of morpholine rings is 1. The first-order valence-corrected chi connectivity index (χ1v) is 6.30. The Hall–Kier alpha value is -1.76. The standard InChI is InChI=1S/C12H17N3O4/c1-8-9(2-3-10(16)17)11(18)14-12(13-8)15-4-6-19-7-5-15/h9H,2-7H2,1H3,(H,16,17). The number of ether oxygens (including phenoxy) is 1. The Labute approximate surface area is 111 Å². The molecule has 2 heterocycles. The lowest BCUT2D eigenvalue weighted by atomic mass is 9.97. The number of nitrogens with zero attached hydrogens (tertiary/aromatic N) is 3. The highest BCUT2D eigenvalue weighted by atomic mass is 16.5. The highest BCUT2D eigenvalue weighted by molar-refractivity contribution is 6.14. The molecule has 2 aliphatic heterocycles. The first-order valence-electron chi connectivity index (χ1n) is 6.30. The van der Waals surface area contributed by atoms with E-state index < -0.39 is 11.9 Å². The molecule has 104 valence electrons. The zero-order valence-electron chi connectivity index (χ0n) is 10.8. The van der Waals surface area contributed by atoms with Crippen molar-refractivity contribution in [1.29, 1.82) is 0 Å². The van der Waals surface area contributed by atoms with Crippen LogP contribution in [-0.4, -0.2) is 59.9 Å². The Morgan fingerprint density at radius 2 is 2.11 bits per heavy atom. The topological polar surface area (TPSA) is 91.6 Å². The van der Waals surface area contributed by atoms with Crippen LogP contribution in [0, 0.1) is 5.92 Å². The molecule has 0 radical (unpaired) electrons. The molecule has 7 nitrogen and oxygen atoms in total. The van der Waals surface area contributed by atoms with Crippen molar-refractivity contribution in [2.24, 2.45) is 15.9 Å². The molecule has 0 saturated carbocycles. The van der Waals surface area contributed by atoms with E-state index in [1.165, 1.54) is 0 Å². The van der Waals surface area contributed by atoms with Crippen molar-refractivity contribution >= 4 is 23.5 Å². The average molecular weight is 267 g/mol. The van der Waals surface area contributed by atoms with Gasteiger partial charge >= 0.3 is 5.97 Å². The van der Waals surface area contributed by atoms with Gasteiger partial charge in [-0.1, -0.05) is 0 Å². The normalized spacial score (nSPS) is 23.9. The van der Waals surface area contributed by atoms with E-state index in [-0.39, 0.29) is 18.7 Å². The van der Waals surface area contributed by atoms with Crippen LogP contribution in [-0.2, 0) is 14.3 Å². The number of carbonyl (C=O) groups is 2. The minimum atomic E-state index is -0.913. The summed E-state index contributed by atoms with van der Waals surface area (Å²) in [6.45, 7) is 4.29. The molecule has 0 aromatic heterocycles. The van der Waals surface area contributed by atoms with E-state index in [0.717, 1.165) is 0 Å². The van der Waals surface area contributed by atoms with Gasteiger partial charge in [-0.2, -0.15) is 4.99 Å². The van der Waals surface area contributed by atoms with Gasteiger partial charge in [0.15, 0.2) is 0 Å². The van der Waals surface area contributed by atoms with Crippen LogP contribution >= 0.6 is 0 Å². The van der Waals surface area contributed by atoms with Gasteiger partial charge in [0.1, 0.15) is 0 Å². The first-order chi connectivity index (χ1) is 9.08. The number of aliphatic imine (C=N–C) groups is 2. The van der Waals surface area contributed by atoms with Gasteiger partial charge in [0.25, 0.3) is 5.91 Å². The molecule has 1 saturated heterocycles. The van der Waals surface area contributed by atoms with Crippen LogP contribution in [0.4, 0.5) is 0 Å². The van der Waals surface area contributed by atoms with Gasteiger partial charge in [-0.15, -0.1) is 0 Å². The van der Waals surface area contributed by atoms with Crippen molar-refractivity contribution in [3.63, 3.8) is 0 Å². The van der Waals surface area contributed by atoms with Crippen LogP contribution in [0.15, 0.2) is 9.98 Å². The van der Waals surface area contributed by atoms with Crippen LogP contribution in [0.3, 0.4) is 0 Å². The maximum atomic E-state index is 12.0. The zero-order valence-corrected chi connectivity index (χ0v) is 10.8. The molecule has 0 aliphatic carbocycles. The fraction of sp³-hybridized carbons (Fsp3) is 0.667. The maximum Gasteiger partial charge on any atom is 0.303 e. The quantitative estimate of drug-likeness (QED) is 0.786. The smallest absolute Gasteiger partial charge is 0.303 e. The highest BCUT2D eigenvalue weighted by Gasteiger charge is 2.28. The van der Waals surface area contributed by atoms with Gasteiger partial charge in [0.2, 0.25) is 5.96 Å². The van der Waals surface area contributed by atoms with Crippen LogP contribution in [0.5, 0.6) is 0 Å². The maximum absolute atomic E-state index is 12.0. The van der Waals surface area contributed by atoms with E-state index in [1.54, 1.807) is 6.92 Å². The van der Waals surface area contributed by atoms with Crippen molar-refractivity contribution in [2.75, 3.05) is 26.3 Å². The molecule has 7 heteroatoms. The van der Waals surface area contributed by atoms with E-state index >= 15 is 0 Å². The van der Waals surface area contributed by atoms with Gasteiger partial charge in [-0.05, 0) is 13.3 Å². The van der Waals surface area contributed by atoms with E-state index in [0.29, 0.717) is 38.0 Å². The van der Waals surface area contributed by atoms with Gasteiger partial charge in [-0.25, -0.2) is 4.99 Å². The molecule has 0 aromatic rings. The summed E-state index contributed by atoms with van der Waals surface area (Å²) in [6.07, 6.45) is 0.203. The fourth-order valence-electron chi connectivity index (χ4n) is 2.12. The number of hydrogen-bond donors (Lipinski definition) is 1. The molecule has 2 rings (SSSR count). The molecular formula is C12H17N3O4. The third kappa shape index (κ3) is 3.37. The Kier molecular flexibility index (Phi) is 4.26. The second kappa shape index (κ2) is 5.92. The van der Waals surface area contributed by atoms with E-state index in [1.807, 2.05) is 4.90 Å².